The third kappa shape index (κ3) is 2.14. The molecule has 1 atom stereocenters. The lowest BCUT2D eigenvalue weighted by atomic mass is 9.95. The minimum Gasteiger partial charge on any atom is -0.316 e. The smallest absolute Gasteiger partial charge is 0.0615 e. The number of hydroxylamine groups is 1. The molecule has 3 heteroatoms. The van der Waals surface area contributed by atoms with Crippen LogP contribution in [0.15, 0.2) is 53.5 Å². The van der Waals surface area contributed by atoms with E-state index in [1.807, 2.05) is 24.3 Å². The topological polar surface area (TPSA) is 32.3 Å². The van der Waals surface area contributed by atoms with Gasteiger partial charge in [-0.15, -0.1) is 0 Å². The van der Waals surface area contributed by atoms with Crippen LogP contribution in [-0.4, -0.2) is 5.21 Å². The predicted octanol–water partition coefficient (Wildman–Crippen LogP) is 4.09. The molecule has 2 aromatic rings. The Bertz CT molecular complexity index is 651. The minimum atomic E-state index is -0.108. The normalized spacial score (nSPS) is 17.6. The largest absolute Gasteiger partial charge is 0.316 e. The molecule has 0 aliphatic heterocycles. The molecule has 1 unspecified atom stereocenters. The summed E-state index contributed by atoms with van der Waals surface area (Å²) in [5, 5.41) is 9.45. The zero-order valence-corrected chi connectivity index (χ0v) is 11.9. The molecule has 0 spiro atoms. The fraction of sp³-hybridized carbons (Fsp3) is 0.125. The summed E-state index contributed by atoms with van der Waals surface area (Å²) >= 11 is 3.50. The number of hydrogen-bond donors (Lipinski definition) is 2. The minimum absolute atomic E-state index is 0.108. The molecule has 0 saturated carbocycles. The molecule has 3 rings (SSSR count). The van der Waals surface area contributed by atoms with Gasteiger partial charge in [-0.3, -0.25) is 0 Å². The summed E-state index contributed by atoms with van der Waals surface area (Å²) < 4.78 is 1.02. The standard InChI is InChI=1S/C16H14BrNO/c1-10-13-5-3-2-4-11(13)8-16(18-19)14-7-6-12(17)9-15(10)14/h2-7,9,16,18-19H,1,8H2. The van der Waals surface area contributed by atoms with E-state index in [1.54, 1.807) is 0 Å². The SMILES string of the molecule is C=C1c2ccccc2CC(NO)c2ccc(Br)cc21. The monoisotopic (exact) mass is 315 g/mol. The van der Waals surface area contributed by atoms with Gasteiger partial charge in [-0.05, 0) is 46.4 Å². The molecule has 2 N–H and O–H groups in total. The number of benzene rings is 2. The summed E-state index contributed by atoms with van der Waals surface area (Å²) in [6.45, 7) is 4.24. The second kappa shape index (κ2) is 4.93. The zero-order chi connectivity index (χ0) is 13.4. The first kappa shape index (κ1) is 12.6. The maximum Gasteiger partial charge on any atom is 0.0615 e. The van der Waals surface area contributed by atoms with Gasteiger partial charge in [0.05, 0.1) is 6.04 Å². The van der Waals surface area contributed by atoms with Crippen LogP contribution in [0.5, 0.6) is 0 Å². The van der Waals surface area contributed by atoms with Gasteiger partial charge in [0.25, 0.3) is 0 Å². The Kier molecular flexibility index (Phi) is 3.27. The molecule has 0 bridgehead atoms. The van der Waals surface area contributed by atoms with Gasteiger partial charge < -0.3 is 5.21 Å². The van der Waals surface area contributed by atoms with E-state index < -0.39 is 0 Å². The molecule has 2 nitrogen and oxygen atoms in total. The van der Waals surface area contributed by atoms with Gasteiger partial charge in [-0.25, -0.2) is 0 Å². The number of nitrogens with one attached hydrogen (secondary N) is 1. The lowest BCUT2D eigenvalue weighted by molar-refractivity contribution is 0.126. The van der Waals surface area contributed by atoms with Crippen molar-refractivity contribution in [2.24, 2.45) is 0 Å². The van der Waals surface area contributed by atoms with Gasteiger partial charge in [0.15, 0.2) is 0 Å². The van der Waals surface area contributed by atoms with Crippen molar-refractivity contribution in [1.82, 2.24) is 5.48 Å². The van der Waals surface area contributed by atoms with Gasteiger partial charge in [0, 0.05) is 4.47 Å². The van der Waals surface area contributed by atoms with Crippen LogP contribution >= 0.6 is 15.9 Å². The Morgan fingerprint density at radius 2 is 1.95 bits per heavy atom. The summed E-state index contributed by atoms with van der Waals surface area (Å²) in [6.07, 6.45) is 0.750. The average molecular weight is 316 g/mol. The lowest BCUT2D eigenvalue weighted by Gasteiger charge is -2.16. The highest BCUT2D eigenvalue weighted by atomic mass is 79.9. The van der Waals surface area contributed by atoms with E-state index in [9.17, 15) is 5.21 Å². The molecule has 96 valence electrons. The summed E-state index contributed by atoms with van der Waals surface area (Å²) in [5.41, 5.74) is 7.93. The summed E-state index contributed by atoms with van der Waals surface area (Å²) in [5.74, 6) is 0. The highest BCUT2D eigenvalue weighted by molar-refractivity contribution is 9.10. The number of fused-ring (bicyclic) bond motifs is 2. The molecule has 0 fully saturated rings. The van der Waals surface area contributed by atoms with Gasteiger partial charge in [0.1, 0.15) is 0 Å². The Balaban J connectivity index is 2.25. The third-order valence-electron chi connectivity index (χ3n) is 3.64. The van der Waals surface area contributed by atoms with Crippen molar-refractivity contribution in [3.63, 3.8) is 0 Å². The molecular formula is C16H14BrNO. The maximum absolute atomic E-state index is 9.45. The number of hydrogen-bond acceptors (Lipinski definition) is 2. The molecule has 19 heavy (non-hydrogen) atoms. The Labute approximate surface area is 120 Å². The summed E-state index contributed by atoms with van der Waals surface area (Å²) in [6, 6.07) is 14.2. The second-order valence-electron chi connectivity index (χ2n) is 4.75. The van der Waals surface area contributed by atoms with E-state index >= 15 is 0 Å². The van der Waals surface area contributed by atoms with Crippen LogP contribution in [0.25, 0.3) is 5.57 Å². The van der Waals surface area contributed by atoms with Crippen LogP contribution in [0.1, 0.15) is 28.3 Å². The van der Waals surface area contributed by atoms with Gasteiger partial charge in [0.2, 0.25) is 0 Å². The van der Waals surface area contributed by atoms with Gasteiger partial charge in [-0.1, -0.05) is 52.8 Å². The first-order valence-electron chi connectivity index (χ1n) is 6.17. The highest BCUT2D eigenvalue weighted by Gasteiger charge is 2.23. The van der Waals surface area contributed by atoms with E-state index in [0.29, 0.717) is 0 Å². The van der Waals surface area contributed by atoms with Crippen LogP contribution in [0.3, 0.4) is 0 Å². The van der Waals surface area contributed by atoms with Crippen LogP contribution in [0, 0.1) is 0 Å². The number of halogens is 1. The van der Waals surface area contributed by atoms with Gasteiger partial charge in [-0.2, -0.15) is 5.48 Å². The fourth-order valence-electron chi connectivity index (χ4n) is 2.68. The second-order valence-corrected chi connectivity index (χ2v) is 5.67. The van der Waals surface area contributed by atoms with Crippen molar-refractivity contribution in [2.75, 3.05) is 0 Å². The average Bonchev–Trinajstić information content (AvgIpc) is 2.55. The molecule has 0 amide bonds. The first-order chi connectivity index (χ1) is 9.20. The highest BCUT2D eigenvalue weighted by Crippen LogP contribution is 2.37. The molecule has 1 aliphatic rings. The molecule has 0 heterocycles. The van der Waals surface area contributed by atoms with Crippen molar-refractivity contribution in [3.8, 4) is 0 Å². The van der Waals surface area contributed by atoms with Crippen molar-refractivity contribution >= 4 is 21.5 Å². The van der Waals surface area contributed by atoms with E-state index in [1.165, 1.54) is 5.56 Å². The molecule has 1 aliphatic carbocycles. The molecule has 2 aromatic carbocycles. The van der Waals surface area contributed by atoms with Gasteiger partial charge >= 0.3 is 0 Å². The first-order valence-corrected chi connectivity index (χ1v) is 6.96. The van der Waals surface area contributed by atoms with Crippen molar-refractivity contribution in [1.29, 1.82) is 0 Å². The van der Waals surface area contributed by atoms with Crippen molar-refractivity contribution in [3.05, 3.63) is 75.8 Å². The molecular weight excluding hydrogens is 302 g/mol. The van der Waals surface area contributed by atoms with Crippen molar-refractivity contribution in [2.45, 2.75) is 12.5 Å². The predicted molar refractivity (Wildman–Crippen MR) is 80.1 cm³/mol. The van der Waals surface area contributed by atoms with Crippen LogP contribution in [0.2, 0.25) is 0 Å². The lowest BCUT2D eigenvalue weighted by Crippen LogP contribution is -2.19. The Morgan fingerprint density at radius 1 is 1.16 bits per heavy atom. The third-order valence-corrected chi connectivity index (χ3v) is 4.13. The van der Waals surface area contributed by atoms with E-state index in [2.05, 4.69) is 46.2 Å². The summed E-state index contributed by atoms with van der Waals surface area (Å²) in [7, 11) is 0. The van der Waals surface area contributed by atoms with E-state index in [-0.39, 0.29) is 6.04 Å². The quantitative estimate of drug-likeness (QED) is 0.777. The zero-order valence-electron chi connectivity index (χ0n) is 10.4. The molecule has 0 aromatic heterocycles. The van der Waals surface area contributed by atoms with E-state index in [0.717, 1.165) is 33.2 Å². The van der Waals surface area contributed by atoms with Crippen LogP contribution in [-0.2, 0) is 6.42 Å². The Hall–Kier alpha value is -1.42. The number of rotatable bonds is 1. The Morgan fingerprint density at radius 3 is 2.74 bits per heavy atom. The summed E-state index contributed by atoms with van der Waals surface area (Å²) in [4.78, 5) is 0. The van der Waals surface area contributed by atoms with E-state index in [4.69, 9.17) is 0 Å². The van der Waals surface area contributed by atoms with Crippen LogP contribution < -0.4 is 5.48 Å². The molecule has 0 saturated heterocycles. The van der Waals surface area contributed by atoms with Crippen molar-refractivity contribution < 1.29 is 5.21 Å². The van der Waals surface area contributed by atoms with Crippen LogP contribution in [0.4, 0.5) is 0 Å². The molecule has 0 radical (unpaired) electrons. The maximum atomic E-state index is 9.45. The fourth-order valence-corrected chi connectivity index (χ4v) is 3.04.